The van der Waals surface area contributed by atoms with Gasteiger partial charge in [0.2, 0.25) is 5.91 Å². The number of nitrogens with zero attached hydrogens (tertiary/aromatic N) is 2. The predicted molar refractivity (Wildman–Crippen MR) is 95.6 cm³/mol. The minimum atomic E-state index is -5.08. The number of amides is 3. The van der Waals surface area contributed by atoms with Gasteiger partial charge in [0.05, 0.1) is 16.8 Å². The highest BCUT2D eigenvalue weighted by Gasteiger charge is 2.37. The predicted octanol–water partition coefficient (Wildman–Crippen LogP) is 3.26. The Balaban J connectivity index is 2.01. The van der Waals surface area contributed by atoms with Crippen molar-refractivity contribution in [2.75, 3.05) is 19.6 Å². The Kier molecular flexibility index (Phi) is 6.11. The number of urea groups is 1. The van der Waals surface area contributed by atoms with Gasteiger partial charge in [-0.15, -0.1) is 0 Å². The largest absolute Gasteiger partial charge is 0.436 e. The van der Waals surface area contributed by atoms with Crippen molar-refractivity contribution in [1.29, 1.82) is 0 Å². The molecule has 0 unspecified atom stereocenters. The molecule has 2 heterocycles. The smallest absolute Gasteiger partial charge is 0.353 e. The molecule has 1 aliphatic rings. The van der Waals surface area contributed by atoms with E-state index in [0.717, 1.165) is 23.1 Å². The Bertz CT molecular complexity index is 986. The van der Waals surface area contributed by atoms with Gasteiger partial charge in [-0.05, 0) is 29.8 Å². The van der Waals surface area contributed by atoms with Crippen molar-refractivity contribution < 1.29 is 31.5 Å². The summed E-state index contributed by atoms with van der Waals surface area (Å²) in [4.78, 5) is 28.5. The maximum Gasteiger partial charge on any atom is 0.436 e. The highest BCUT2D eigenvalue weighted by molar-refractivity contribution is 6.30. The topological polar surface area (TPSA) is 74.3 Å². The summed E-state index contributed by atoms with van der Waals surface area (Å²) in [5.41, 5.74) is -2.12. The van der Waals surface area contributed by atoms with E-state index in [-0.39, 0.29) is 35.9 Å². The van der Waals surface area contributed by atoms with E-state index in [1.54, 1.807) is 0 Å². The SMILES string of the molecule is O=C1CN(C(=O)N[C@H](c2ccc(Cl)c(F)c2)c2ccc(F)c(C(F)(F)F)n2)CCN1. The fourth-order valence-corrected chi connectivity index (χ4v) is 2.98. The fraction of sp³-hybridized carbons (Fsp3) is 0.278. The third kappa shape index (κ3) is 4.78. The van der Waals surface area contributed by atoms with Crippen LogP contribution in [0.5, 0.6) is 0 Å². The molecule has 160 valence electrons. The van der Waals surface area contributed by atoms with Crippen LogP contribution in [0.15, 0.2) is 30.3 Å². The number of carbonyl (C=O) groups excluding carboxylic acids is 2. The fourth-order valence-electron chi connectivity index (χ4n) is 2.86. The van der Waals surface area contributed by atoms with E-state index in [1.807, 2.05) is 0 Å². The van der Waals surface area contributed by atoms with Crippen LogP contribution in [-0.4, -0.2) is 41.5 Å². The van der Waals surface area contributed by atoms with Gasteiger partial charge >= 0.3 is 12.2 Å². The van der Waals surface area contributed by atoms with E-state index in [1.165, 1.54) is 6.07 Å². The molecule has 1 fully saturated rings. The highest BCUT2D eigenvalue weighted by atomic mass is 35.5. The number of carbonyl (C=O) groups is 2. The van der Waals surface area contributed by atoms with E-state index >= 15 is 0 Å². The Labute approximate surface area is 172 Å². The third-order valence-corrected chi connectivity index (χ3v) is 4.61. The first-order valence-electron chi connectivity index (χ1n) is 8.57. The molecular weight excluding hydrogens is 435 g/mol. The Morgan fingerprint density at radius 3 is 2.57 bits per heavy atom. The Morgan fingerprint density at radius 1 is 1.20 bits per heavy atom. The molecule has 0 bridgehead atoms. The molecule has 1 aromatic carbocycles. The monoisotopic (exact) mass is 448 g/mol. The Morgan fingerprint density at radius 2 is 1.93 bits per heavy atom. The van der Waals surface area contributed by atoms with E-state index < -0.39 is 41.5 Å². The number of benzene rings is 1. The summed E-state index contributed by atoms with van der Waals surface area (Å²) in [5.74, 6) is -2.88. The van der Waals surface area contributed by atoms with Crippen LogP contribution in [0.1, 0.15) is 23.0 Å². The average molecular weight is 449 g/mol. The van der Waals surface area contributed by atoms with Crippen molar-refractivity contribution >= 4 is 23.5 Å². The summed E-state index contributed by atoms with van der Waals surface area (Å²) >= 11 is 5.65. The lowest BCUT2D eigenvalue weighted by atomic mass is 10.0. The van der Waals surface area contributed by atoms with Gasteiger partial charge in [0.25, 0.3) is 0 Å². The van der Waals surface area contributed by atoms with Crippen LogP contribution >= 0.6 is 11.6 Å². The van der Waals surface area contributed by atoms with Crippen LogP contribution in [0.25, 0.3) is 0 Å². The lowest BCUT2D eigenvalue weighted by Crippen LogP contribution is -2.53. The molecule has 12 heteroatoms. The second kappa shape index (κ2) is 8.42. The molecule has 6 nitrogen and oxygen atoms in total. The lowest BCUT2D eigenvalue weighted by molar-refractivity contribution is -0.143. The van der Waals surface area contributed by atoms with Crippen LogP contribution in [-0.2, 0) is 11.0 Å². The van der Waals surface area contributed by atoms with Crippen molar-refractivity contribution in [1.82, 2.24) is 20.5 Å². The molecule has 1 saturated heterocycles. The molecular formula is C18H14ClF5N4O2. The second-order valence-corrected chi connectivity index (χ2v) is 6.80. The number of rotatable bonds is 3. The minimum Gasteiger partial charge on any atom is -0.353 e. The van der Waals surface area contributed by atoms with Crippen molar-refractivity contribution in [3.8, 4) is 0 Å². The number of pyridine rings is 1. The summed E-state index contributed by atoms with van der Waals surface area (Å²) in [6.45, 7) is 0.0849. The van der Waals surface area contributed by atoms with Crippen molar-refractivity contribution in [3.05, 3.63) is 63.9 Å². The zero-order chi connectivity index (χ0) is 22.1. The first kappa shape index (κ1) is 21.8. The third-order valence-electron chi connectivity index (χ3n) is 4.30. The van der Waals surface area contributed by atoms with Crippen molar-refractivity contribution in [2.45, 2.75) is 12.2 Å². The van der Waals surface area contributed by atoms with Gasteiger partial charge in [-0.1, -0.05) is 17.7 Å². The average Bonchev–Trinajstić information content (AvgIpc) is 2.68. The number of hydrogen-bond donors (Lipinski definition) is 2. The van der Waals surface area contributed by atoms with Gasteiger partial charge in [0.15, 0.2) is 11.5 Å². The van der Waals surface area contributed by atoms with Crippen molar-refractivity contribution in [2.24, 2.45) is 0 Å². The molecule has 0 radical (unpaired) electrons. The Hall–Kier alpha value is -2.95. The van der Waals surface area contributed by atoms with E-state index in [9.17, 15) is 31.5 Å². The van der Waals surface area contributed by atoms with Crippen molar-refractivity contribution in [3.63, 3.8) is 0 Å². The van der Waals surface area contributed by atoms with Crippen LogP contribution in [0.3, 0.4) is 0 Å². The van der Waals surface area contributed by atoms with Gasteiger partial charge in [-0.3, -0.25) is 4.79 Å². The standard InChI is InChI=1S/C18H14ClF5N4O2/c19-10-2-1-9(7-12(10)21)15(27-17(30)28-6-5-25-14(29)8-28)13-4-3-11(20)16(26-13)18(22,23)24/h1-4,7,15H,5-6,8H2,(H,25,29)(H,27,30)/t15-/m1/s1. The van der Waals surface area contributed by atoms with Crippen LogP contribution < -0.4 is 10.6 Å². The number of hydrogen-bond acceptors (Lipinski definition) is 3. The van der Waals surface area contributed by atoms with Crippen LogP contribution in [0.4, 0.5) is 26.7 Å². The maximum absolute atomic E-state index is 14.0. The lowest BCUT2D eigenvalue weighted by Gasteiger charge is -2.29. The zero-order valence-corrected chi connectivity index (χ0v) is 15.8. The molecule has 0 spiro atoms. The van der Waals surface area contributed by atoms with Gasteiger partial charge in [0.1, 0.15) is 12.4 Å². The molecule has 1 aromatic heterocycles. The van der Waals surface area contributed by atoms with Crippen LogP contribution in [0.2, 0.25) is 5.02 Å². The minimum absolute atomic E-state index is 0.0268. The summed E-state index contributed by atoms with van der Waals surface area (Å²) in [6.07, 6.45) is -5.08. The van der Waals surface area contributed by atoms with Crippen LogP contribution in [0, 0.1) is 11.6 Å². The molecule has 1 atom stereocenters. The van der Waals surface area contributed by atoms with Gasteiger partial charge in [-0.25, -0.2) is 18.6 Å². The van der Waals surface area contributed by atoms with Gasteiger partial charge < -0.3 is 15.5 Å². The molecule has 2 aromatic rings. The normalized spacial score (nSPS) is 15.5. The van der Waals surface area contributed by atoms with E-state index in [2.05, 4.69) is 15.6 Å². The first-order chi connectivity index (χ1) is 14.1. The molecule has 30 heavy (non-hydrogen) atoms. The first-order valence-corrected chi connectivity index (χ1v) is 8.95. The zero-order valence-electron chi connectivity index (χ0n) is 15.1. The molecule has 3 rings (SSSR count). The number of piperazine rings is 1. The summed E-state index contributed by atoms with van der Waals surface area (Å²) < 4.78 is 66.9. The summed E-state index contributed by atoms with van der Waals surface area (Å²) in [7, 11) is 0. The molecule has 1 aliphatic heterocycles. The second-order valence-electron chi connectivity index (χ2n) is 6.39. The maximum atomic E-state index is 14.0. The number of aromatic nitrogens is 1. The quantitative estimate of drug-likeness (QED) is 0.708. The molecule has 3 amide bonds. The highest BCUT2D eigenvalue weighted by Crippen LogP contribution is 2.32. The summed E-state index contributed by atoms with van der Waals surface area (Å²) in [5, 5.41) is 4.72. The molecule has 2 N–H and O–H groups in total. The van der Waals surface area contributed by atoms with E-state index in [0.29, 0.717) is 6.07 Å². The number of nitrogens with one attached hydrogen (secondary N) is 2. The van der Waals surface area contributed by atoms with E-state index in [4.69, 9.17) is 11.6 Å². The van der Waals surface area contributed by atoms with Gasteiger partial charge in [-0.2, -0.15) is 13.2 Å². The molecule has 0 aliphatic carbocycles. The summed E-state index contributed by atoms with van der Waals surface area (Å²) in [6, 6.07) is 2.73. The number of halogens is 6. The number of alkyl halides is 3. The van der Waals surface area contributed by atoms with Gasteiger partial charge in [0, 0.05) is 13.1 Å². The molecule has 0 saturated carbocycles.